The average Bonchev–Trinajstić information content (AvgIpc) is 2.07. The molecule has 0 bridgehead atoms. The van der Waals surface area contributed by atoms with Crippen molar-refractivity contribution in [1.82, 2.24) is 0 Å². The smallest absolute Gasteiger partial charge is 0.0550 e. The van der Waals surface area contributed by atoms with E-state index in [0.717, 1.165) is 6.42 Å². The maximum absolute atomic E-state index is 5.82. The van der Waals surface area contributed by atoms with Crippen molar-refractivity contribution in [2.24, 2.45) is 0 Å². The van der Waals surface area contributed by atoms with Gasteiger partial charge >= 0.3 is 0 Å². The van der Waals surface area contributed by atoms with Crippen LogP contribution >= 0.6 is 0 Å². The van der Waals surface area contributed by atoms with Crippen LogP contribution in [0.1, 0.15) is 38.8 Å². The number of benzene rings is 1. The van der Waals surface area contributed by atoms with Crippen LogP contribution in [0, 0.1) is 0 Å². The summed E-state index contributed by atoms with van der Waals surface area (Å²) in [4.78, 5) is 0. The molecule has 0 unspecified atom stereocenters. The Kier molecular flexibility index (Phi) is 2.74. The lowest BCUT2D eigenvalue weighted by Gasteiger charge is -2.23. The lowest BCUT2D eigenvalue weighted by Crippen LogP contribution is -2.15. The first kappa shape index (κ1) is 10.9. The lowest BCUT2D eigenvalue weighted by molar-refractivity contribution is 0.584. The van der Waals surface area contributed by atoms with E-state index in [4.69, 9.17) is 11.5 Å². The zero-order valence-electron chi connectivity index (χ0n) is 9.52. The molecule has 1 aromatic carbocycles. The first-order chi connectivity index (χ1) is 6.36. The molecule has 1 aromatic rings. The van der Waals surface area contributed by atoms with Crippen LogP contribution in [-0.4, -0.2) is 0 Å². The van der Waals surface area contributed by atoms with Crippen LogP contribution in [0.15, 0.2) is 12.1 Å². The zero-order valence-corrected chi connectivity index (χ0v) is 9.52. The fraction of sp³-hybridized carbons (Fsp3) is 0.500. The monoisotopic (exact) mass is 192 g/mol. The third kappa shape index (κ3) is 2.00. The molecule has 0 radical (unpaired) electrons. The fourth-order valence-corrected chi connectivity index (χ4v) is 1.67. The standard InChI is InChI=1S/C12H20N2/c1-5-8-6-10(13)11(14)7-9(8)12(2,3)4/h6-7H,5,13-14H2,1-4H3. The molecule has 14 heavy (non-hydrogen) atoms. The van der Waals surface area contributed by atoms with Crippen molar-refractivity contribution < 1.29 is 0 Å². The summed E-state index contributed by atoms with van der Waals surface area (Å²) < 4.78 is 0. The molecule has 0 heterocycles. The van der Waals surface area contributed by atoms with E-state index >= 15 is 0 Å². The molecular weight excluding hydrogens is 172 g/mol. The lowest BCUT2D eigenvalue weighted by atomic mass is 9.82. The Morgan fingerprint density at radius 1 is 1.07 bits per heavy atom. The summed E-state index contributed by atoms with van der Waals surface area (Å²) in [6.07, 6.45) is 0.997. The third-order valence-corrected chi connectivity index (χ3v) is 2.50. The molecule has 0 aliphatic heterocycles. The largest absolute Gasteiger partial charge is 0.397 e. The predicted octanol–water partition coefficient (Wildman–Crippen LogP) is 2.71. The van der Waals surface area contributed by atoms with Crippen LogP contribution in [0.25, 0.3) is 0 Å². The van der Waals surface area contributed by atoms with E-state index in [9.17, 15) is 0 Å². The molecule has 0 saturated heterocycles. The molecule has 0 aliphatic rings. The molecular formula is C12H20N2. The van der Waals surface area contributed by atoms with Gasteiger partial charge in [0.05, 0.1) is 11.4 Å². The van der Waals surface area contributed by atoms with Gasteiger partial charge in [0.25, 0.3) is 0 Å². The average molecular weight is 192 g/mol. The quantitative estimate of drug-likeness (QED) is 0.672. The minimum absolute atomic E-state index is 0.132. The van der Waals surface area contributed by atoms with Crippen molar-refractivity contribution in [3.8, 4) is 0 Å². The van der Waals surface area contributed by atoms with Crippen LogP contribution in [0.5, 0.6) is 0 Å². The minimum atomic E-state index is 0.132. The van der Waals surface area contributed by atoms with Gasteiger partial charge in [0.15, 0.2) is 0 Å². The van der Waals surface area contributed by atoms with E-state index < -0.39 is 0 Å². The van der Waals surface area contributed by atoms with Gasteiger partial charge in [0.2, 0.25) is 0 Å². The molecule has 0 spiro atoms. The first-order valence-electron chi connectivity index (χ1n) is 5.04. The number of nitrogen functional groups attached to an aromatic ring is 2. The fourth-order valence-electron chi connectivity index (χ4n) is 1.67. The van der Waals surface area contributed by atoms with Gasteiger partial charge in [0, 0.05) is 0 Å². The summed E-state index contributed by atoms with van der Waals surface area (Å²) in [5.41, 5.74) is 15.7. The van der Waals surface area contributed by atoms with Gasteiger partial charge in [0.1, 0.15) is 0 Å². The number of hydrogen-bond acceptors (Lipinski definition) is 2. The Morgan fingerprint density at radius 2 is 1.57 bits per heavy atom. The Morgan fingerprint density at radius 3 is 2.00 bits per heavy atom. The van der Waals surface area contributed by atoms with Crippen molar-refractivity contribution in [3.63, 3.8) is 0 Å². The third-order valence-electron chi connectivity index (χ3n) is 2.50. The summed E-state index contributed by atoms with van der Waals surface area (Å²) >= 11 is 0. The predicted molar refractivity (Wildman–Crippen MR) is 63.3 cm³/mol. The number of rotatable bonds is 1. The Balaban J connectivity index is 3.35. The number of anilines is 2. The molecule has 1 rings (SSSR count). The molecule has 0 saturated carbocycles. The topological polar surface area (TPSA) is 52.0 Å². The van der Waals surface area contributed by atoms with Crippen molar-refractivity contribution in [3.05, 3.63) is 23.3 Å². The molecule has 4 N–H and O–H groups in total. The Hall–Kier alpha value is -1.18. The Bertz CT molecular complexity index is 335. The van der Waals surface area contributed by atoms with Gasteiger partial charge in [-0.1, -0.05) is 27.7 Å². The van der Waals surface area contributed by atoms with Gasteiger partial charge in [-0.25, -0.2) is 0 Å². The summed E-state index contributed by atoms with van der Waals surface area (Å²) in [6.45, 7) is 8.71. The van der Waals surface area contributed by atoms with Gasteiger partial charge in [-0.3, -0.25) is 0 Å². The molecule has 0 atom stereocenters. The maximum atomic E-state index is 5.82. The van der Waals surface area contributed by atoms with Gasteiger partial charge < -0.3 is 11.5 Å². The molecule has 0 aliphatic carbocycles. The van der Waals surface area contributed by atoms with Crippen molar-refractivity contribution >= 4 is 11.4 Å². The van der Waals surface area contributed by atoms with Crippen LogP contribution in [0.4, 0.5) is 11.4 Å². The first-order valence-corrected chi connectivity index (χ1v) is 5.04. The van der Waals surface area contributed by atoms with Crippen LogP contribution in [0.2, 0.25) is 0 Å². The second-order valence-corrected chi connectivity index (χ2v) is 4.74. The second kappa shape index (κ2) is 3.52. The second-order valence-electron chi connectivity index (χ2n) is 4.74. The van der Waals surface area contributed by atoms with Crippen LogP contribution < -0.4 is 11.5 Å². The normalized spacial score (nSPS) is 11.7. The van der Waals surface area contributed by atoms with E-state index in [2.05, 4.69) is 27.7 Å². The van der Waals surface area contributed by atoms with E-state index in [1.165, 1.54) is 11.1 Å². The van der Waals surface area contributed by atoms with E-state index in [-0.39, 0.29) is 5.41 Å². The highest BCUT2D eigenvalue weighted by atomic mass is 14.7. The van der Waals surface area contributed by atoms with Gasteiger partial charge in [-0.15, -0.1) is 0 Å². The van der Waals surface area contributed by atoms with Gasteiger partial charge in [-0.05, 0) is 35.1 Å². The molecule has 0 aromatic heterocycles. The summed E-state index contributed by atoms with van der Waals surface area (Å²) in [5.74, 6) is 0. The zero-order chi connectivity index (χ0) is 10.9. The van der Waals surface area contributed by atoms with Crippen molar-refractivity contribution in [1.29, 1.82) is 0 Å². The molecule has 78 valence electrons. The summed E-state index contributed by atoms with van der Waals surface area (Å²) in [7, 11) is 0. The highest BCUT2D eigenvalue weighted by Crippen LogP contribution is 2.31. The minimum Gasteiger partial charge on any atom is -0.397 e. The van der Waals surface area contributed by atoms with E-state index in [1.54, 1.807) is 0 Å². The highest BCUT2D eigenvalue weighted by molar-refractivity contribution is 5.66. The van der Waals surface area contributed by atoms with Crippen LogP contribution in [0.3, 0.4) is 0 Å². The Labute approximate surface area is 86.3 Å². The summed E-state index contributed by atoms with van der Waals surface area (Å²) in [6, 6.07) is 4.00. The number of nitrogens with two attached hydrogens (primary N) is 2. The van der Waals surface area contributed by atoms with E-state index in [0.29, 0.717) is 11.4 Å². The number of hydrogen-bond donors (Lipinski definition) is 2. The number of aryl methyl sites for hydroxylation is 1. The van der Waals surface area contributed by atoms with Crippen LogP contribution in [-0.2, 0) is 11.8 Å². The van der Waals surface area contributed by atoms with Crippen molar-refractivity contribution in [2.75, 3.05) is 11.5 Å². The summed E-state index contributed by atoms with van der Waals surface area (Å²) in [5, 5.41) is 0. The van der Waals surface area contributed by atoms with E-state index in [1.807, 2.05) is 12.1 Å². The maximum Gasteiger partial charge on any atom is 0.0550 e. The molecule has 0 fully saturated rings. The van der Waals surface area contributed by atoms with Crippen molar-refractivity contribution in [2.45, 2.75) is 39.5 Å². The SMILES string of the molecule is CCc1cc(N)c(N)cc1C(C)(C)C. The molecule has 2 nitrogen and oxygen atoms in total. The molecule has 0 amide bonds. The van der Waals surface area contributed by atoms with Gasteiger partial charge in [-0.2, -0.15) is 0 Å². The highest BCUT2D eigenvalue weighted by Gasteiger charge is 2.18. The molecule has 2 heteroatoms.